The zero-order valence-electron chi connectivity index (χ0n) is 9.91. The summed E-state index contributed by atoms with van der Waals surface area (Å²) >= 11 is 6.49. The van der Waals surface area contributed by atoms with E-state index >= 15 is 0 Å². The Bertz CT molecular complexity index is 621. The van der Waals surface area contributed by atoms with Crippen LogP contribution in [0.1, 0.15) is 15.9 Å². The molecule has 0 aromatic heterocycles. The van der Waals surface area contributed by atoms with Gasteiger partial charge in [0.2, 0.25) is 0 Å². The number of hydrogen-bond donors (Lipinski definition) is 0. The SMILES string of the molecule is COc1ccc(C(=O)c2cc(F)cc(Br)c2)c(Br)c1. The number of ether oxygens (including phenoxy) is 1. The van der Waals surface area contributed by atoms with Crippen molar-refractivity contribution >= 4 is 37.6 Å². The fourth-order valence-electron chi connectivity index (χ4n) is 1.65. The predicted octanol–water partition coefficient (Wildman–Crippen LogP) is 4.59. The number of benzene rings is 2. The molecule has 0 fully saturated rings. The molecule has 0 aliphatic carbocycles. The van der Waals surface area contributed by atoms with Crippen LogP contribution in [0.3, 0.4) is 0 Å². The van der Waals surface area contributed by atoms with Gasteiger partial charge in [0.1, 0.15) is 11.6 Å². The van der Waals surface area contributed by atoms with Gasteiger partial charge in [-0.15, -0.1) is 0 Å². The molecule has 0 atom stereocenters. The average molecular weight is 388 g/mol. The first-order valence-corrected chi connectivity index (χ1v) is 6.94. The summed E-state index contributed by atoms with van der Waals surface area (Å²) in [6.07, 6.45) is 0. The summed E-state index contributed by atoms with van der Waals surface area (Å²) in [6, 6.07) is 9.13. The Morgan fingerprint density at radius 2 is 1.89 bits per heavy atom. The minimum Gasteiger partial charge on any atom is -0.497 e. The van der Waals surface area contributed by atoms with Gasteiger partial charge in [-0.1, -0.05) is 15.9 Å². The quantitative estimate of drug-likeness (QED) is 0.720. The van der Waals surface area contributed by atoms with Crippen LogP contribution < -0.4 is 4.74 Å². The number of ketones is 1. The second-order valence-corrected chi connectivity index (χ2v) is 5.60. The standard InChI is InChI=1S/C14H9Br2FO2/c1-19-11-2-3-12(13(16)7-11)14(18)8-4-9(15)6-10(17)5-8/h2-7H,1H3. The normalized spacial score (nSPS) is 10.3. The maximum Gasteiger partial charge on any atom is 0.194 e. The van der Waals surface area contributed by atoms with E-state index in [9.17, 15) is 9.18 Å². The summed E-state index contributed by atoms with van der Waals surface area (Å²) in [4.78, 5) is 12.3. The lowest BCUT2D eigenvalue weighted by Crippen LogP contribution is -2.03. The molecule has 0 radical (unpaired) electrons. The van der Waals surface area contributed by atoms with Crippen LogP contribution in [-0.2, 0) is 0 Å². The summed E-state index contributed by atoms with van der Waals surface area (Å²) in [5.74, 6) is -0.0686. The van der Waals surface area contributed by atoms with E-state index in [-0.39, 0.29) is 11.3 Å². The highest BCUT2D eigenvalue weighted by atomic mass is 79.9. The summed E-state index contributed by atoms with van der Waals surface area (Å²) in [6.45, 7) is 0. The van der Waals surface area contributed by atoms with E-state index in [4.69, 9.17) is 4.74 Å². The van der Waals surface area contributed by atoms with Crippen molar-refractivity contribution in [3.63, 3.8) is 0 Å². The largest absolute Gasteiger partial charge is 0.497 e. The van der Waals surface area contributed by atoms with Gasteiger partial charge < -0.3 is 4.74 Å². The van der Waals surface area contributed by atoms with Gasteiger partial charge in [0.05, 0.1) is 7.11 Å². The van der Waals surface area contributed by atoms with Gasteiger partial charge >= 0.3 is 0 Å². The zero-order valence-corrected chi connectivity index (χ0v) is 13.1. The summed E-state index contributed by atoms with van der Waals surface area (Å²) in [5, 5.41) is 0. The Kier molecular flexibility index (Phi) is 4.37. The van der Waals surface area contributed by atoms with Crippen molar-refractivity contribution in [3.8, 4) is 5.75 Å². The van der Waals surface area contributed by atoms with Crippen LogP contribution in [0.15, 0.2) is 45.3 Å². The topological polar surface area (TPSA) is 26.3 Å². The molecular weight excluding hydrogens is 379 g/mol. The summed E-state index contributed by atoms with van der Waals surface area (Å²) in [7, 11) is 1.55. The predicted molar refractivity (Wildman–Crippen MR) is 78.2 cm³/mol. The van der Waals surface area contributed by atoms with Crippen LogP contribution in [0, 0.1) is 5.82 Å². The van der Waals surface area contributed by atoms with Gasteiger partial charge in [0, 0.05) is 20.1 Å². The van der Waals surface area contributed by atoms with Crippen LogP contribution in [0.25, 0.3) is 0 Å². The summed E-state index contributed by atoms with van der Waals surface area (Å²) < 4.78 is 19.5. The number of carbonyl (C=O) groups is 1. The van der Waals surface area contributed by atoms with Crippen molar-refractivity contribution in [3.05, 3.63) is 62.3 Å². The Hall–Kier alpha value is -1.20. The van der Waals surface area contributed by atoms with Crippen LogP contribution >= 0.6 is 31.9 Å². The first kappa shape index (κ1) is 14.2. The molecule has 2 rings (SSSR count). The lowest BCUT2D eigenvalue weighted by Gasteiger charge is -2.07. The number of halogens is 3. The molecule has 0 heterocycles. The van der Waals surface area contributed by atoms with E-state index in [1.807, 2.05) is 0 Å². The van der Waals surface area contributed by atoms with Gasteiger partial charge in [-0.05, 0) is 52.3 Å². The van der Waals surface area contributed by atoms with E-state index < -0.39 is 5.82 Å². The Morgan fingerprint density at radius 1 is 1.16 bits per heavy atom. The monoisotopic (exact) mass is 386 g/mol. The number of methoxy groups -OCH3 is 1. The Morgan fingerprint density at radius 3 is 2.47 bits per heavy atom. The van der Waals surface area contributed by atoms with Gasteiger partial charge in [-0.3, -0.25) is 4.79 Å². The average Bonchev–Trinajstić information content (AvgIpc) is 2.36. The number of hydrogen-bond acceptors (Lipinski definition) is 2. The Labute approximate surface area is 126 Å². The van der Waals surface area contributed by atoms with Gasteiger partial charge in [-0.2, -0.15) is 0 Å². The van der Waals surface area contributed by atoms with Crippen LogP contribution in [-0.4, -0.2) is 12.9 Å². The van der Waals surface area contributed by atoms with Crippen LogP contribution in [0.4, 0.5) is 4.39 Å². The van der Waals surface area contributed by atoms with Crippen molar-refractivity contribution in [2.24, 2.45) is 0 Å². The van der Waals surface area contributed by atoms with Crippen molar-refractivity contribution in [2.75, 3.05) is 7.11 Å². The maximum atomic E-state index is 13.3. The molecule has 0 bridgehead atoms. The zero-order chi connectivity index (χ0) is 14.0. The highest BCUT2D eigenvalue weighted by Crippen LogP contribution is 2.26. The molecule has 19 heavy (non-hydrogen) atoms. The Balaban J connectivity index is 2.44. The molecule has 0 saturated carbocycles. The van der Waals surface area contributed by atoms with Gasteiger partial charge in [-0.25, -0.2) is 4.39 Å². The molecule has 0 unspecified atom stereocenters. The second-order valence-electron chi connectivity index (χ2n) is 3.83. The van der Waals surface area contributed by atoms with Crippen LogP contribution in [0.2, 0.25) is 0 Å². The fourth-order valence-corrected chi connectivity index (χ4v) is 2.65. The molecule has 0 aliphatic rings. The maximum absolute atomic E-state index is 13.3. The highest BCUT2D eigenvalue weighted by Gasteiger charge is 2.14. The molecule has 0 saturated heterocycles. The molecule has 0 aliphatic heterocycles. The van der Waals surface area contributed by atoms with Crippen molar-refractivity contribution in [1.29, 1.82) is 0 Å². The van der Waals surface area contributed by atoms with Crippen molar-refractivity contribution in [1.82, 2.24) is 0 Å². The molecule has 0 N–H and O–H groups in total. The highest BCUT2D eigenvalue weighted by molar-refractivity contribution is 9.10. The van der Waals surface area contributed by atoms with Crippen LogP contribution in [0.5, 0.6) is 5.75 Å². The molecule has 98 valence electrons. The van der Waals surface area contributed by atoms with E-state index in [0.717, 1.165) is 0 Å². The smallest absolute Gasteiger partial charge is 0.194 e. The molecule has 5 heteroatoms. The van der Waals surface area contributed by atoms with Crippen molar-refractivity contribution < 1.29 is 13.9 Å². The van der Waals surface area contributed by atoms with Gasteiger partial charge in [0.25, 0.3) is 0 Å². The molecular formula is C14H9Br2FO2. The van der Waals surface area contributed by atoms with E-state index in [0.29, 0.717) is 20.3 Å². The number of rotatable bonds is 3. The third kappa shape index (κ3) is 3.22. The molecule has 0 spiro atoms. The third-order valence-electron chi connectivity index (χ3n) is 2.55. The van der Waals surface area contributed by atoms with E-state index in [1.54, 1.807) is 31.4 Å². The lowest BCUT2D eigenvalue weighted by atomic mass is 10.0. The number of carbonyl (C=O) groups excluding carboxylic acids is 1. The third-order valence-corrected chi connectivity index (χ3v) is 3.66. The van der Waals surface area contributed by atoms with Crippen molar-refractivity contribution in [2.45, 2.75) is 0 Å². The lowest BCUT2D eigenvalue weighted by molar-refractivity contribution is 0.103. The van der Waals surface area contributed by atoms with E-state index in [2.05, 4.69) is 31.9 Å². The molecule has 2 nitrogen and oxygen atoms in total. The van der Waals surface area contributed by atoms with E-state index in [1.165, 1.54) is 12.1 Å². The molecule has 0 amide bonds. The first-order chi connectivity index (χ1) is 9.01. The first-order valence-electron chi connectivity index (χ1n) is 5.35. The molecule has 2 aromatic rings. The second kappa shape index (κ2) is 5.84. The minimum absolute atomic E-state index is 0.255. The minimum atomic E-state index is -0.456. The summed E-state index contributed by atoms with van der Waals surface area (Å²) in [5.41, 5.74) is 0.746. The van der Waals surface area contributed by atoms with Gasteiger partial charge in [0.15, 0.2) is 5.78 Å². The molecule has 2 aromatic carbocycles. The fraction of sp³-hybridized carbons (Fsp3) is 0.0714.